The van der Waals surface area contributed by atoms with Crippen LogP contribution in [0.4, 0.5) is 0 Å². The summed E-state index contributed by atoms with van der Waals surface area (Å²) in [5.41, 5.74) is 5.85. The molecule has 0 aliphatic rings. The van der Waals surface area contributed by atoms with E-state index in [0.29, 0.717) is 0 Å². The minimum absolute atomic E-state index is 0.0137. The van der Waals surface area contributed by atoms with E-state index < -0.39 is 0 Å². The van der Waals surface area contributed by atoms with Crippen molar-refractivity contribution in [1.29, 1.82) is 0 Å². The maximum absolute atomic E-state index is 12.8. The van der Waals surface area contributed by atoms with Crippen molar-refractivity contribution in [3.63, 3.8) is 0 Å². The molecular formula is C21H26N2O2. The molecule has 0 fully saturated rings. The topological polar surface area (TPSA) is 47.2 Å². The molecule has 0 amide bonds. The van der Waals surface area contributed by atoms with Crippen LogP contribution in [0.1, 0.15) is 38.3 Å². The fourth-order valence-corrected chi connectivity index (χ4v) is 3.33. The van der Waals surface area contributed by atoms with Gasteiger partial charge in [-0.05, 0) is 67.6 Å². The Bertz CT molecular complexity index is 993. The molecule has 0 spiro atoms. The van der Waals surface area contributed by atoms with Crippen molar-refractivity contribution in [3.05, 3.63) is 58.0 Å². The minimum Gasteiger partial charge on any atom is -0.392 e. The fourth-order valence-electron chi connectivity index (χ4n) is 3.33. The molecule has 4 nitrogen and oxygen atoms in total. The Morgan fingerprint density at radius 1 is 1.08 bits per heavy atom. The highest BCUT2D eigenvalue weighted by Gasteiger charge is 2.24. The molecule has 0 saturated carbocycles. The van der Waals surface area contributed by atoms with E-state index in [-0.39, 0.29) is 17.8 Å². The molecule has 4 heteroatoms. The molecule has 1 heterocycles. The summed E-state index contributed by atoms with van der Waals surface area (Å²) in [7, 11) is 1.83. The third-order valence-electron chi connectivity index (χ3n) is 5.32. The lowest BCUT2D eigenvalue weighted by Crippen LogP contribution is -2.35. The number of aliphatic hydroxyl groups is 1. The van der Waals surface area contributed by atoms with Gasteiger partial charge in [0.15, 0.2) is 0 Å². The van der Waals surface area contributed by atoms with Gasteiger partial charge in [0.05, 0.1) is 17.6 Å². The number of benzene rings is 2. The maximum atomic E-state index is 12.8. The number of fused-ring (bicyclic) bond motifs is 1. The van der Waals surface area contributed by atoms with Gasteiger partial charge in [-0.15, -0.1) is 0 Å². The van der Waals surface area contributed by atoms with Crippen molar-refractivity contribution in [1.82, 2.24) is 9.13 Å². The molecule has 0 saturated heterocycles. The van der Waals surface area contributed by atoms with Crippen LogP contribution in [0.25, 0.3) is 22.2 Å². The Morgan fingerprint density at radius 3 is 2.44 bits per heavy atom. The molecule has 0 bridgehead atoms. The lowest BCUT2D eigenvalue weighted by Gasteiger charge is -2.24. The Labute approximate surface area is 148 Å². The van der Waals surface area contributed by atoms with E-state index in [1.54, 1.807) is 4.57 Å². The second-order valence-electron chi connectivity index (χ2n) is 7.35. The molecule has 1 N–H and O–H groups in total. The average molecular weight is 338 g/mol. The van der Waals surface area contributed by atoms with Gasteiger partial charge in [-0.1, -0.05) is 25.1 Å². The van der Waals surface area contributed by atoms with Crippen molar-refractivity contribution in [3.8, 4) is 11.1 Å². The summed E-state index contributed by atoms with van der Waals surface area (Å²) < 4.78 is 3.62. The van der Waals surface area contributed by atoms with E-state index in [2.05, 4.69) is 39.8 Å². The quantitative estimate of drug-likeness (QED) is 0.783. The molecule has 1 aromatic heterocycles. The van der Waals surface area contributed by atoms with Gasteiger partial charge in [-0.25, -0.2) is 4.79 Å². The number of rotatable bonds is 4. The highest BCUT2D eigenvalue weighted by Crippen LogP contribution is 2.30. The summed E-state index contributed by atoms with van der Waals surface area (Å²) >= 11 is 0. The van der Waals surface area contributed by atoms with Crippen molar-refractivity contribution >= 4 is 11.0 Å². The van der Waals surface area contributed by atoms with Crippen LogP contribution in [-0.4, -0.2) is 14.2 Å². The van der Waals surface area contributed by atoms with Crippen LogP contribution >= 0.6 is 0 Å². The van der Waals surface area contributed by atoms with Crippen LogP contribution in [-0.2, 0) is 19.2 Å². The number of hydrogen-bond acceptors (Lipinski definition) is 2. The summed E-state index contributed by atoms with van der Waals surface area (Å²) in [5, 5.41) is 9.42. The average Bonchev–Trinajstić information content (AvgIpc) is 2.86. The Hall–Kier alpha value is -2.33. The zero-order valence-electron chi connectivity index (χ0n) is 15.6. The first-order valence-electron chi connectivity index (χ1n) is 8.73. The highest BCUT2D eigenvalue weighted by atomic mass is 16.3. The van der Waals surface area contributed by atoms with E-state index in [1.165, 1.54) is 0 Å². The van der Waals surface area contributed by atoms with Gasteiger partial charge in [-0.2, -0.15) is 0 Å². The molecule has 3 rings (SSSR count). The van der Waals surface area contributed by atoms with Gasteiger partial charge in [0.1, 0.15) is 0 Å². The van der Waals surface area contributed by atoms with Crippen LogP contribution in [0.3, 0.4) is 0 Å². The molecule has 0 radical (unpaired) electrons. The van der Waals surface area contributed by atoms with Gasteiger partial charge in [-0.3, -0.25) is 9.13 Å². The Balaban J connectivity index is 2.27. The number of aromatic nitrogens is 2. The second kappa shape index (κ2) is 6.19. The van der Waals surface area contributed by atoms with Crippen LogP contribution in [0.15, 0.2) is 41.2 Å². The molecule has 25 heavy (non-hydrogen) atoms. The zero-order chi connectivity index (χ0) is 18.4. The SMILES string of the molecule is CCC(C)(C)n1c(=O)n(C)c2cc(-c3cc(CO)ccc3C)ccc21. The summed E-state index contributed by atoms with van der Waals surface area (Å²) in [4.78, 5) is 12.8. The van der Waals surface area contributed by atoms with Crippen molar-refractivity contribution < 1.29 is 5.11 Å². The van der Waals surface area contributed by atoms with Gasteiger partial charge < -0.3 is 5.11 Å². The Morgan fingerprint density at radius 2 is 1.80 bits per heavy atom. The third kappa shape index (κ3) is 2.81. The molecule has 0 aliphatic heterocycles. The molecule has 2 aromatic carbocycles. The summed E-state index contributed by atoms with van der Waals surface area (Å²) in [6.45, 7) is 8.37. The van der Waals surface area contributed by atoms with E-state index in [9.17, 15) is 9.90 Å². The minimum atomic E-state index is -0.231. The molecule has 0 aliphatic carbocycles. The number of hydrogen-bond donors (Lipinski definition) is 1. The monoisotopic (exact) mass is 338 g/mol. The van der Waals surface area contributed by atoms with Crippen LogP contribution in [0.5, 0.6) is 0 Å². The lowest BCUT2D eigenvalue weighted by atomic mass is 9.97. The van der Waals surface area contributed by atoms with Crippen molar-refractivity contribution in [2.24, 2.45) is 7.05 Å². The lowest BCUT2D eigenvalue weighted by molar-refractivity contribution is 0.282. The number of imidazole rings is 1. The van der Waals surface area contributed by atoms with Gasteiger partial charge in [0, 0.05) is 12.6 Å². The van der Waals surface area contributed by atoms with Gasteiger partial charge in [0.25, 0.3) is 0 Å². The molecule has 0 atom stereocenters. The highest BCUT2D eigenvalue weighted by molar-refractivity contribution is 5.83. The van der Waals surface area contributed by atoms with Crippen molar-refractivity contribution in [2.45, 2.75) is 46.3 Å². The predicted molar refractivity (Wildman–Crippen MR) is 103 cm³/mol. The van der Waals surface area contributed by atoms with Crippen LogP contribution in [0.2, 0.25) is 0 Å². The second-order valence-corrected chi connectivity index (χ2v) is 7.35. The summed E-state index contributed by atoms with van der Waals surface area (Å²) in [5.74, 6) is 0. The first-order valence-corrected chi connectivity index (χ1v) is 8.73. The third-order valence-corrected chi connectivity index (χ3v) is 5.32. The first-order chi connectivity index (χ1) is 11.8. The number of nitrogens with zero attached hydrogens (tertiary/aromatic N) is 2. The van der Waals surface area contributed by atoms with Gasteiger partial charge in [0.2, 0.25) is 0 Å². The molecule has 3 aromatic rings. The fraction of sp³-hybridized carbons (Fsp3) is 0.381. The van der Waals surface area contributed by atoms with Crippen LogP contribution in [0, 0.1) is 6.92 Å². The number of aliphatic hydroxyl groups excluding tert-OH is 1. The zero-order valence-corrected chi connectivity index (χ0v) is 15.6. The first kappa shape index (κ1) is 17.5. The number of aryl methyl sites for hydroxylation is 2. The van der Waals surface area contributed by atoms with Crippen molar-refractivity contribution in [2.75, 3.05) is 0 Å². The smallest absolute Gasteiger partial charge is 0.329 e. The summed E-state index contributed by atoms with van der Waals surface area (Å²) in [6.07, 6.45) is 0.880. The van der Waals surface area contributed by atoms with E-state index in [0.717, 1.165) is 39.7 Å². The molecule has 132 valence electrons. The Kier molecular flexibility index (Phi) is 4.33. The standard InChI is InChI=1S/C21H26N2O2/c1-6-21(3,4)23-18-10-9-16(12-19(18)22(5)20(23)25)17-11-15(13-24)8-7-14(17)2/h7-12,24H,6,13H2,1-5H3. The summed E-state index contributed by atoms with van der Waals surface area (Å²) in [6, 6.07) is 12.1. The van der Waals surface area contributed by atoms with E-state index in [1.807, 2.05) is 35.9 Å². The van der Waals surface area contributed by atoms with Gasteiger partial charge >= 0.3 is 5.69 Å². The normalized spacial score (nSPS) is 12.1. The largest absolute Gasteiger partial charge is 0.392 e. The van der Waals surface area contributed by atoms with E-state index in [4.69, 9.17) is 0 Å². The van der Waals surface area contributed by atoms with E-state index >= 15 is 0 Å². The predicted octanol–water partition coefficient (Wildman–Crippen LogP) is 3.95. The molecule has 0 unspecified atom stereocenters. The van der Waals surface area contributed by atoms with Crippen LogP contribution < -0.4 is 5.69 Å². The maximum Gasteiger partial charge on any atom is 0.329 e. The molecular weight excluding hydrogens is 312 g/mol.